The van der Waals surface area contributed by atoms with Crippen molar-refractivity contribution in [1.82, 2.24) is 4.90 Å². The van der Waals surface area contributed by atoms with Crippen LogP contribution < -0.4 is 0 Å². The van der Waals surface area contributed by atoms with Gasteiger partial charge >= 0.3 is 5.97 Å². The summed E-state index contributed by atoms with van der Waals surface area (Å²) in [7, 11) is 0. The lowest BCUT2D eigenvalue weighted by Crippen LogP contribution is -2.49. The van der Waals surface area contributed by atoms with Gasteiger partial charge in [-0.2, -0.15) is 0 Å². The third-order valence-electron chi connectivity index (χ3n) is 2.97. The van der Waals surface area contributed by atoms with Gasteiger partial charge in [-0.25, -0.2) is 0 Å². The minimum absolute atomic E-state index is 0.0718. The van der Waals surface area contributed by atoms with Crippen molar-refractivity contribution in [2.24, 2.45) is 11.8 Å². The van der Waals surface area contributed by atoms with Gasteiger partial charge in [0.05, 0.1) is 5.92 Å². The molecule has 3 fully saturated rings. The molecule has 0 amide bonds. The van der Waals surface area contributed by atoms with Gasteiger partial charge in [0, 0.05) is 6.54 Å². The summed E-state index contributed by atoms with van der Waals surface area (Å²) < 4.78 is 0. The Labute approximate surface area is 66.0 Å². The second-order valence-electron chi connectivity index (χ2n) is 3.58. The van der Waals surface area contributed by atoms with Crippen molar-refractivity contribution < 1.29 is 9.90 Å². The van der Waals surface area contributed by atoms with Gasteiger partial charge in [0.15, 0.2) is 0 Å². The standard InChI is InChI=1S/C8H13NO2/c10-8(11)7-5-9-3-1-6(7)2-4-9/h6-7H,1-5H2,(H,10,11)/t7-/m0/s1. The van der Waals surface area contributed by atoms with E-state index >= 15 is 0 Å². The van der Waals surface area contributed by atoms with E-state index in [1.165, 1.54) is 0 Å². The lowest BCUT2D eigenvalue weighted by atomic mass is 9.79. The summed E-state index contributed by atoms with van der Waals surface area (Å²) >= 11 is 0. The number of piperidine rings is 3. The number of carboxylic acids is 1. The lowest BCUT2D eigenvalue weighted by molar-refractivity contribution is -0.148. The number of carbonyl (C=O) groups is 1. The second kappa shape index (κ2) is 2.48. The molecule has 0 aromatic carbocycles. The zero-order chi connectivity index (χ0) is 7.84. The van der Waals surface area contributed by atoms with Gasteiger partial charge in [-0.1, -0.05) is 0 Å². The molecule has 3 saturated heterocycles. The molecule has 0 unspecified atom stereocenters. The molecule has 0 saturated carbocycles. The van der Waals surface area contributed by atoms with Crippen LogP contribution >= 0.6 is 0 Å². The second-order valence-corrected chi connectivity index (χ2v) is 3.58. The van der Waals surface area contributed by atoms with Crippen LogP contribution in [0.5, 0.6) is 0 Å². The molecule has 62 valence electrons. The van der Waals surface area contributed by atoms with Crippen molar-refractivity contribution in [2.45, 2.75) is 12.8 Å². The van der Waals surface area contributed by atoms with Crippen LogP contribution in [0.25, 0.3) is 0 Å². The highest BCUT2D eigenvalue weighted by atomic mass is 16.4. The molecule has 3 nitrogen and oxygen atoms in total. The van der Waals surface area contributed by atoms with E-state index in [1.807, 2.05) is 0 Å². The Morgan fingerprint density at radius 3 is 2.27 bits per heavy atom. The van der Waals surface area contributed by atoms with Gasteiger partial charge in [0.25, 0.3) is 0 Å². The minimum atomic E-state index is -0.598. The molecule has 3 aliphatic heterocycles. The van der Waals surface area contributed by atoms with Crippen molar-refractivity contribution in [3.05, 3.63) is 0 Å². The quantitative estimate of drug-likeness (QED) is 0.596. The van der Waals surface area contributed by atoms with E-state index in [0.717, 1.165) is 32.5 Å². The Bertz CT molecular complexity index is 173. The topological polar surface area (TPSA) is 40.5 Å². The summed E-state index contributed by atoms with van der Waals surface area (Å²) in [5.74, 6) is -0.200. The molecule has 0 spiro atoms. The van der Waals surface area contributed by atoms with Crippen LogP contribution in [0.1, 0.15) is 12.8 Å². The summed E-state index contributed by atoms with van der Waals surface area (Å²) in [6.45, 7) is 3.03. The number of carboxylic acid groups (broad SMARTS) is 1. The van der Waals surface area contributed by atoms with Gasteiger partial charge in [0.1, 0.15) is 0 Å². The molecular weight excluding hydrogens is 142 g/mol. The Morgan fingerprint density at radius 1 is 1.36 bits per heavy atom. The summed E-state index contributed by atoms with van der Waals surface area (Å²) in [6, 6.07) is 0. The first-order valence-corrected chi connectivity index (χ1v) is 4.22. The maximum absolute atomic E-state index is 10.7. The molecule has 3 heteroatoms. The van der Waals surface area contributed by atoms with Crippen molar-refractivity contribution in [1.29, 1.82) is 0 Å². The fraction of sp³-hybridized carbons (Fsp3) is 0.875. The van der Waals surface area contributed by atoms with Crippen LogP contribution in [0.15, 0.2) is 0 Å². The van der Waals surface area contributed by atoms with Gasteiger partial charge in [0.2, 0.25) is 0 Å². The normalized spacial score (nSPS) is 42.4. The molecular formula is C8H13NO2. The monoisotopic (exact) mass is 155 g/mol. The van der Waals surface area contributed by atoms with Crippen molar-refractivity contribution in [3.63, 3.8) is 0 Å². The first-order valence-electron chi connectivity index (χ1n) is 4.22. The lowest BCUT2D eigenvalue weighted by Gasteiger charge is -2.42. The van der Waals surface area contributed by atoms with Gasteiger partial charge in [-0.15, -0.1) is 0 Å². The molecule has 3 aliphatic rings. The summed E-state index contributed by atoms with van der Waals surface area (Å²) in [4.78, 5) is 13.0. The van der Waals surface area contributed by atoms with Crippen molar-refractivity contribution in [2.75, 3.05) is 19.6 Å². The van der Waals surface area contributed by atoms with E-state index in [9.17, 15) is 4.79 Å². The summed E-state index contributed by atoms with van der Waals surface area (Å²) in [5.41, 5.74) is 0. The molecule has 3 rings (SSSR count). The SMILES string of the molecule is O=C(O)[C@H]1CN2CCC1CC2. The average Bonchev–Trinajstić information content (AvgIpc) is 2.06. The first-order chi connectivity index (χ1) is 5.27. The number of fused-ring (bicyclic) bond motifs is 3. The highest BCUT2D eigenvalue weighted by molar-refractivity contribution is 5.71. The Kier molecular flexibility index (Phi) is 1.60. The van der Waals surface area contributed by atoms with E-state index in [1.54, 1.807) is 0 Å². The molecule has 11 heavy (non-hydrogen) atoms. The first kappa shape index (κ1) is 7.10. The Hall–Kier alpha value is -0.570. The fourth-order valence-electron chi connectivity index (χ4n) is 2.24. The van der Waals surface area contributed by atoms with E-state index in [4.69, 9.17) is 5.11 Å². The van der Waals surface area contributed by atoms with Gasteiger partial charge in [-0.3, -0.25) is 4.79 Å². The molecule has 2 bridgehead atoms. The number of hydrogen-bond donors (Lipinski definition) is 1. The zero-order valence-corrected chi connectivity index (χ0v) is 6.49. The molecule has 1 atom stereocenters. The van der Waals surface area contributed by atoms with Crippen LogP contribution in [0.2, 0.25) is 0 Å². The van der Waals surface area contributed by atoms with E-state index in [-0.39, 0.29) is 5.92 Å². The number of nitrogens with zero attached hydrogens (tertiary/aromatic N) is 1. The van der Waals surface area contributed by atoms with E-state index in [0.29, 0.717) is 5.92 Å². The largest absolute Gasteiger partial charge is 0.481 e. The van der Waals surface area contributed by atoms with Crippen LogP contribution in [-0.4, -0.2) is 35.6 Å². The minimum Gasteiger partial charge on any atom is -0.481 e. The van der Waals surface area contributed by atoms with Crippen molar-refractivity contribution in [3.8, 4) is 0 Å². The van der Waals surface area contributed by atoms with Gasteiger partial charge in [-0.05, 0) is 31.8 Å². The van der Waals surface area contributed by atoms with E-state index < -0.39 is 5.97 Å². The predicted octanol–water partition coefficient (Wildman–Crippen LogP) is 0.413. The zero-order valence-electron chi connectivity index (χ0n) is 6.49. The molecule has 0 radical (unpaired) electrons. The van der Waals surface area contributed by atoms with E-state index in [2.05, 4.69) is 4.90 Å². The smallest absolute Gasteiger partial charge is 0.308 e. The summed E-state index contributed by atoms with van der Waals surface area (Å²) in [6.07, 6.45) is 2.19. The highest BCUT2D eigenvalue weighted by Crippen LogP contribution is 2.32. The maximum atomic E-state index is 10.7. The van der Waals surface area contributed by atoms with Gasteiger partial charge < -0.3 is 10.0 Å². The molecule has 1 N–H and O–H groups in total. The van der Waals surface area contributed by atoms with Crippen LogP contribution in [0, 0.1) is 11.8 Å². The number of hydrogen-bond acceptors (Lipinski definition) is 2. The number of aliphatic carboxylic acids is 1. The van der Waals surface area contributed by atoms with Crippen LogP contribution in [0.3, 0.4) is 0 Å². The Morgan fingerprint density at radius 2 is 2.00 bits per heavy atom. The molecule has 0 aromatic rings. The molecule has 0 aliphatic carbocycles. The predicted molar refractivity (Wildman–Crippen MR) is 40.3 cm³/mol. The summed E-state index contributed by atoms with van der Waals surface area (Å²) in [5, 5.41) is 8.83. The third kappa shape index (κ3) is 1.13. The van der Waals surface area contributed by atoms with Crippen LogP contribution in [0.4, 0.5) is 0 Å². The van der Waals surface area contributed by atoms with Crippen molar-refractivity contribution >= 4 is 5.97 Å². The fourth-order valence-corrected chi connectivity index (χ4v) is 2.24. The highest BCUT2D eigenvalue weighted by Gasteiger charge is 2.37. The maximum Gasteiger partial charge on any atom is 0.308 e. The number of rotatable bonds is 1. The van der Waals surface area contributed by atoms with Crippen LogP contribution in [-0.2, 0) is 4.79 Å². The molecule has 3 heterocycles. The average molecular weight is 155 g/mol. The third-order valence-corrected chi connectivity index (χ3v) is 2.97. The molecule has 0 aromatic heterocycles. The Balaban J connectivity index is 2.08.